The van der Waals surface area contributed by atoms with Crippen LogP contribution < -0.4 is 5.43 Å². The summed E-state index contributed by atoms with van der Waals surface area (Å²) in [5.41, 5.74) is 4.51. The molecule has 0 unspecified atom stereocenters. The van der Waals surface area contributed by atoms with Crippen molar-refractivity contribution in [3.05, 3.63) is 76.0 Å². The highest BCUT2D eigenvalue weighted by molar-refractivity contribution is 6.00. The highest BCUT2D eigenvalue weighted by atomic mass is 16.6. The van der Waals surface area contributed by atoms with Crippen LogP contribution in [0.4, 0.5) is 5.69 Å². The highest BCUT2D eigenvalue weighted by Crippen LogP contribution is 2.20. The van der Waals surface area contributed by atoms with Crippen LogP contribution in [0.5, 0.6) is 0 Å². The van der Waals surface area contributed by atoms with Gasteiger partial charge in [-0.05, 0) is 18.6 Å². The Kier molecular flexibility index (Phi) is 5.61. The molecule has 0 aliphatic carbocycles. The molecule has 0 radical (unpaired) electrons. The fraction of sp³-hybridized carbons (Fsp3) is 0.200. The topological polar surface area (TPSA) is 89.5 Å². The zero-order valence-electron chi connectivity index (χ0n) is 15.0. The van der Waals surface area contributed by atoms with E-state index in [1.54, 1.807) is 6.21 Å². The summed E-state index contributed by atoms with van der Waals surface area (Å²) in [6.07, 6.45) is 5.80. The first kappa shape index (κ1) is 18.3. The second-order valence-electron chi connectivity index (χ2n) is 6.16. The molecule has 7 heteroatoms. The van der Waals surface area contributed by atoms with Crippen LogP contribution in [0.2, 0.25) is 0 Å². The number of nitrogens with one attached hydrogen (secondary N) is 1. The summed E-state index contributed by atoms with van der Waals surface area (Å²) in [5.74, 6) is -0.496. The molecule has 138 valence electrons. The predicted molar refractivity (Wildman–Crippen MR) is 105 cm³/mol. The third-order valence-electron chi connectivity index (χ3n) is 4.26. The van der Waals surface area contributed by atoms with E-state index >= 15 is 0 Å². The van der Waals surface area contributed by atoms with Crippen molar-refractivity contribution in [1.29, 1.82) is 0 Å². The number of hydrogen-bond donors (Lipinski definition) is 1. The third kappa shape index (κ3) is 4.20. The van der Waals surface area contributed by atoms with Crippen LogP contribution in [0.3, 0.4) is 0 Å². The van der Waals surface area contributed by atoms with Gasteiger partial charge >= 0.3 is 0 Å². The van der Waals surface area contributed by atoms with Crippen LogP contribution in [0.1, 0.15) is 35.7 Å². The van der Waals surface area contributed by atoms with Crippen molar-refractivity contribution in [1.82, 2.24) is 9.99 Å². The van der Waals surface area contributed by atoms with Crippen molar-refractivity contribution < 1.29 is 9.72 Å². The van der Waals surface area contributed by atoms with E-state index < -0.39 is 10.8 Å². The lowest BCUT2D eigenvalue weighted by Crippen LogP contribution is -2.17. The van der Waals surface area contributed by atoms with Gasteiger partial charge in [0.05, 0.1) is 11.1 Å². The average molecular weight is 364 g/mol. The molecule has 2 aromatic carbocycles. The van der Waals surface area contributed by atoms with E-state index in [0.717, 1.165) is 35.9 Å². The summed E-state index contributed by atoms with van der Waals surface area (Å²) >= 11 is 0. The molecule has 0 aliphatic heterocycles. The number of nitro benzene ring substituents is 1. The minimum absolute atomic E-state index is 0.134. The molecule has 3 aromatic rings. The van der Waals surface area contributed by atoms with Crippen LogP contribution in [-0.2, 0) is 6.54 Å². The first-order valence-corrected chi connectivity index (χ1v) is 8.76. The molecular weight excluding hydrogens is 344 g/mol. The normalized spacial score (nSPS) is 11.1. The Balaban J connectivity index is 1.77. The van der Waals surface area contributed by atoms with Crippen molar-refractivity contribution in [3.63, 3.8) is 0 Å². The molecule has 0 spiro atoms. The maximum Gasteiger partial charge on any atom is 0.271 e. The smallest absolute Gasteiger partial charge is 0.271 e. The fourth-order valence-electron chi connectivity index (χ4n) is 2.88. The summed E-state index contributed by atoms with van der Waals surface area (Å²) in [5, 5.41) is 15.9. The van der Waals surface area contributed by atoms with Gasteiger partial charge in [-0.15, -0.1) is 0 Å². The molecule has 27 heavy (non-hydrogen) atoms. The maximum absolute atomic E-state index is 12.2. The van der Waals surface area contributed by atoms with Crippen LogP contribution in [0, 0.1) is 10.1 Å². The number of nitro groups is 1. The van der Waals surface area contributed by atoms with E-state index in [0.29, 0.717) is 0 Å². The van der Waals surface area contributed by atoms with Crippen molar-refractivity contribution in [2.24, 2.45) is 5.10 Å². The van der Waals surface area contributed by atoms with Gasteiger partial charge in [0.15, 0.2) is 0 Å². The summed E-state index contributed by atoms with van der Waals surface area (Å²) in [6.45, 7) is 3.07. The molecule has 1 heterocycles. The van der Waals surface area contributed by atoms with Crippen molar-refractivity contribution >= 4 is 28.7 Å². The summed E-state index contributed by atoms with van der Waals surface area (Å²) in [6, 6.07) is 13.6. The largest absolute Gasteiger partial charge is 0.347 e. The molecule has 3 rings (SSSR count). The van der Waals surface area contributed by atoms with Gasteiger partial charge in [-0.3, -0.25) is 14.9 Å². The van der Waals surface area contributed by atoms with Gasteiger partial charge in [-0.1, -0.05) is 37.6 Å². The van der Waals surface area contributed by atoms with E-state index in [4.69, 9.17) is 0 Å². The number of benzene rings is 2. The fourth-order valence-corrected chi connectivity index (χ4v) is 2.88. The molecule has 0 atom stereocenters. The third-order valence-corrected chi connectivity index (χ3v) is 4.26. The number of unbranched alkanes of at least 4 members (excludes halogenated alkanes) is 1. The Hall–Kier alpha value is -3.48. The van der Waals surface area contributed by atoms with Crippen LogP contribution in [-0.4, -0.2) is 21.6 Å². The highest BCUT2D eigenvalue weighted by Gasteiger charge is 2.11. The lowest BCUT2D eigenvalue weighted by Gasteiger charge is -2.02. The average Bonchev–Trinajstić information content (AvgIpc) is 3.04. The second kappa shape index (κ2) is 8.27. The van der Waals surface area contributed by atoms with Gasteiger partial charge in [0.1, 0.15) is 0 Å². The van der Waals surface area contributed by atoms with Crippen molar-refractivity contribution in [3.8, 4) is 0 Å². The number of para-hydroxylation sites is 1. The Morgan fingerprint density at radius 3 is 2.85 bits per heavy atom. The number of fused-ring (bicyclic) bond motifs is 1. The first-order valence-electron chi connectivity index (χ1n) is 8.76. The van der Waals surface area contributed by atoms with Gasteiger partial charge in [-0.2, -0.15) is 5.10 Å². The second-order valence-corrected chi connectivity index (χ2v) is 6.16. The van der Waals surface area contributed by atoms with Gasteiger partial charge < -0.3 is 4.57 Å². The van der Waals surface area contributed by atoms with Gasteiger partial charge in [0.2, 0.25) is 0 Å². The quantitative estimate of drug-likeness (QED) is 0.388. The van der Waals surface area contributed by atoms with Crippen molar-refractivity contribution in [2.45, 2.75) is 26.3 Å². The summed E-state index contributed by atoms with van der Waals surface area (Å²) < 4.78 is 2.18. The predicted octanol–water partition coefficient (Wildman–Crippen LogP) is 4.11. The Bertz CT molecular complexity index is 1010. The number of amides is 1. The van der Waals surface area contributed by atoms with Gasteiger partial charge in [0, 0.05) is 46.9 Å². The minimum atomic E-state index is -0.537. The molecule has 1 amide bonds. The SMILES string of the molecule is CCCCn1cc(/C=N/NC(=O)c2cccc([N+](=O)[O-])c2)c2ccccc21. The molecule has 0 aliphatic rings. The van der Waals surface area contributed by atoms with Crippen LogP contribution >= 0.6 is 0 Å². The lowest BCUT2D eigenvalue weighted by atomic mass is 10.2. The number of rotatable bonds is 7. The molecule has 0 fully saturated rings. The summed E-state index contributed by atoms with van der Waals surface area (Å²) in [4.78, 5) is 22.4. The first-order chi connectivity index (χ1) is 13.1. The van der Waals surface area contributed by atoms with Crippen LogP contribution in [0.25, 0.3) is 10.9 Å². The van der Waals surface area contributed by atoms with Gasteiger partial charge in [0.25, 0.3) is 11.6 Å². The summed E-state index contributed by atoms with van der Waals surface area (Å²) in [7, 11) is 0. The molecule has 0 saturated heterocycles. The molecule has 0 saturated carbocycles. The molecule has 0 bridgehead atoms. The Morgan fingerprint density at radius 2 is 2.07 bits per heavy atom. The number of hydrogen-bond acceptors (Lipinski definition) is 4. The number of carbonyl (C=O) groups is 1. The number of non-ortho nitro benzene ring substituents is 1. The molecule has 1 aromatic heterocycles. The Labute approximate surface area is 156 Å². The lowest BCUT2D eigenvalue weighted by molar-refractivity contribution is -0.384. The number of aromatic nitrogens is 1. The van der Waals surface area contributed by atoms with E-state index in [-0.39, 0.29) is 11.3 Å². The molecule has 7 nitrogen and oxygen atoms in total. The van der Waals surface area contributed by atoms with E-state index in [1.165, 1.54) is 24.3 Å². The minimum Gasteiger partial charge on any atom is -0.347 e. The van der Waals surface area contributed by atoms with Crippen LogP contribution in [0.15, 0.2) is 59.8 Å². The van der Waals surface area contributed by atoms with Crippen molar-refractivity contribution in [2.75, 3.05) is 0 Å². The maximum atomic E-state index is 12.2. The van der Waals surface area contributed by atoms with E-state index in [9.17, 15) is 14.9 Å². The number of hydrazone groups is 1. The number of nitrogens with zero attached hydrogens (tertiary/aromatic N) is 3. The van der Waals surface area contributed by atoms with E-state index in [1.807, 2.05) is 24.4 Å². The molecular formula is C20H20N4O3. The van der Waals surface area contributed by atoms with Gasteiger partial charge in [-0.25, -0.2) is 5.43 Å². The standard InChI is InChI=1S/C20H20N4O3/c1-2-3-11-23-14-16(18-9-4-5-10-19(18)23)13-21-22-20(25)15-7-6-8-17(12-15)24(26)27/h4-10,12-14H,2-3,11H2,1H3,(H,22,25)/b21-13+. The zero-order chi connectivity index (χ0) is 19.2. The number of carbonyl (C=O) groups excluding carboxylic acids is 1. The zero-order valence-corrected chi connectivity index (χ0v) is 15.0. The number of aryl methyl sites for hydroxylation is 1. The Morgan fingerprint density at radius 1 is 1.26 bits per heavy atom. The van der Waals surface area contributed by atoms with E-state index in [2.05, 4.69) is 28.1 Å². The monoisotopic (exact) mass is 364 g/mol. The molecule has 1 N–H and O–H groups in total.